The number of amides is 1. The van der Waals surface area contributed by atoms with Crippen LogP contribution in [0.1, 0.15) is 16.9 Å². The molecule has 0 fully saturated rings. The van der Waals surface area contributed by atoms with Gasteiger partial charge in [0.1, 0.15) is 17.0 Å². The second kappa shape index (κ2) is 11.1. The number of benzene rings is 3. The minimum absolute atomic E-state index is 0.0257. The molecule has 0 aliphatic heterocycles. The molecule has 1 amide bonds. The van der Waals surface area contributed by atoms with E-state index in [0.29, 0.717) is 44.8 Å². The lowest BCUT2D eigenvalue weighted by atomic mass is 10.1. The Labute approximate surface area is 238 Å². The van der Waals surface area contributed by atoms with Crippen LogP contribution in [0, 0.1) is 24.0 Å². The van der Waals surface area contributed by atoms with Crippen molar-refractivity contribution in [2.24, 2.45) is 0 Å². The van der Waals surface area contributed by atoms with Gasteiger partial charge in [-0.05, 0) is 85.7 Å². The minimum Gasteiger partial charge on any atom is -0.456 e. The van der Waals surface area contributed by atoms with E-state index >= 15 is 0 Å². The van der Waals surface area contributed by atoms with E-state index in [0.717, 1.165) is 16.6 Å². The molecule has 2 aromatic heterocycles. The quantitative estimate of drug-likeness (QED) is 0.0929. The number of nitro groups is 1. The number of halogens is 1. The number of furan rings is 1. The third-order valence-corrected chi connectivity index (χ3v) is 6.44. The lowest BCUT2D eigenvalue weighted by Crippen LogP contribution is -2.32. The van der Waals surface area contributed by atoms with E-state index in [9.17, 15) is 14.9 Å². The summed E-state index contributed by atoms with van der Waals surface area (Å²) in [6.07, 6.45) is 2.66. The largest absolute Gasteiger partial charge is 0.456 e. The molecule has 40 heavy (non-hydrogen) atoms. The molecular formula is C29H21ClN4O5S. The molecule has 11 heteroatoms. The fraction of sp³-hybridized carbons (Fsp3) is 0.0690. The van der Waals surface area contributed by atoms with Crippen LogP contribution >= 0.6 is 23.8 Å². The lowest BCUT2D eigenvalue weighted by molar-refractivity contribution is -0.384. The second-order valence-corrected chi connectivity index (χ2v) is 9.71. The van der Waals surface area contributed by atoms with Gasteiger partial charge < -0.3 is 14.2 Å². The van der Waals surface area contributed by atoms with Gasteiger partial charge in [-0.25, -0.2) is 4.98 Å². The molecule has 0 spiro atoms. The average molecular weight is 573 g/mol. The molecule has 5 aromatic rings. The van der Waals surface area contributed by atoms with E-state index in [-0.39, 0.29) is 10.8 Å². The molecule has 0 aliphatic carbocycles. The van der Waals surface area contributed by atoms with Crippen molar-refractivity contribution in [3.8, 4) is 22.8 Å². The van der Waals surface area contributed by atoms with Crippen LogP contribution in [0.5, 0.6) is 0 Å². The highest BCUT2D eigenvalue weighted by Gasteiger charge is 2.17. The highest BCUT2D eigenvalue weighted by molar-refractivity contribution is 7.80. The summed E-state index contributed by atoms with van der Waals surface area (Å²) in [5, 5.41) is 17.2. The number of hydrogen-bond acceptors (Lipinski definition) is 7. The summed E-state index contributed by atoms with van der Waals surface area (Å²) in [4.78, 5) is 27.9. The summed E-state index contributed by atoms with van der Waals surface area (Å²) in [6.45, 7) is 3.97. The van der Waals surface area contributed by atoms with Gasteiger partial charge in [0.05, 0.1) is 21.2 Å². The van der Waals surface area contributed by atoms with E-state index in [1.54, 1.807) is 48.5 Å². The van der Waals surface area contributed by atoms with Crippen LogP contribution in [-0.2, 0) is 4.79 Å². The molecule has 0 saturated carbocycles. The van der Waals surface area contributed by atoms with Gasteiger partial charge in [-0.1, -0.05) is 29.8 Å². The van der Waals surface area contributed by atoms with Crippen molar-refractivity contribution in [3.63, 3.8) is 0 Å². The minimum atomic E-state index is -0.516. The zero-order valence-corrected chi connectivity index (χ0v) is 22.8. The number of thiocarbonyl (C=S) groups is 1. The van der Waals surface area contributed by atoms with Crippen LogP contribution < -0.4 is 10.6 Å². The van der Waals surface area contributed by atoms with E-state index in [2.05, 4.69) is 15.6 Å². The molecule has 0 radical (unpaired) electrons. The Hall–Kier alpha value is -4.80. The number of aryl methyl sites for hydroxylation is 2. The molecule has 0 unspecified atom stereocenters. The Morgan fingerprint density at radius 2 is 1.88 bits per heavy atom. The van der Waals surface area contributed by atoms with Crippen molar-refractivity contribution in [2.75, 3.05) is 5.32 Å². The Kier molecular flexibility index (Phi) is 7.45. The Morgan fingerprint density at radius 1 is 1.07 bits per heavy atom. The number of hydrogen-bond donors (Lipinski definition) is 2. The number of nitro benzene ring substituents is 1. The van der Waals surface area contributed by atoms with Gasteiger partial charge in [-0.3, -0.25) is 20.2 Å². The van der Waals surface area contributed by atoms with Gasteiger partial charge in [-0.2, -0.15) is 0 Å². The summed E-state index contributed by atoms with van der Waals surface area (Å²) in [5.74, 6) is 0.558. The monoisotopic (exact) mass is 572 g/mol. The average Bonchev–Trinajstić information content (AvgIpc) is 3.56. The molecule has 5 rings (SSSR count). The lowest BCUT2D eigenvalue weighted by Gasteiger charge is -2.10. The number of nitrogens with zero attached hydrogens (tertiary/aromatic N) is 2. The maximum absolute atomic E-state index is 12.5. The van der Waals surface area contributed by atoms with Gasteiger partial charge >= 0.3 is 0 Å². The predicted molar refractivity (Wildman–Crippen MR) is 158 cm³/mol. The number of anilines is 1. The summed E-state index contributed by atoms with van der Waals surface area (Å²) in [7, 11) is 0. The van der Waals surface area contributed by atoms with Crippen molar-refractivity contribution in [3.05, 3.63) is 105 Å². The van der Waals surface area contributed by atoms with Crippen molar-refractivity contribution < 1.29 is 18.6 Å². The summed E-state index contributed by atoms with van der Waals surface area (Å²) in [5.41, 5.74) is 4.96. The molecule has 0 aliphatic rings. The smallest absolute Gasteiger partial charge is 0.280 e. The van der Waals surface area contributed by atoms with Crippen LogP contribution in [0.4, 0.5) is 11.4 Å². The van der Waals surface area contributed by atoms with Crippen LogP contribution in [0.15, 0.2) is 81.6 Å². The highest BCUT2D eigenvalue weighted by atomic mass is 35.5. The standard InChI is InChI=1S/C29H21ClN4O5S/c1-16-13-17(2)27-23(14-16)31-28(39-27)18-7-10-21(30)22(15-18)32-29(40)33-26(35)12-9-19-8-11-25(38-19)20-5-3-4-6-24(20)34(36)37/h3-15H,1-2H3,(H2,32,33,35,40)/b12-9+. The number of oxazole rings is 1. The predicted octanol–water partition coefficient (Wildman–Crippen LogP) is 7.46. The van der Waals surface area contributed by atoms with E-state index < -0.39 is 10.8 Å². The topological polar surface area (TPSA) is 123 Å². The number of carbonyl (C=O) groups excluding carboxylic acids is 1. The van der Waals surface area contributed by atoms with Crippen LogP contribution in [0.3, 0.4) is 0 Å². The molecule has 200 valence electrons. The number of para-hydroxylation sites is 1. The summed E-state index contributed by atoms with van der Waals surface area (Å²) >= 11 is 11.7. The summed E-state index contributed by atoms with van der Waals surface area (Å²) < 4.78 is 11.7. The maximum Gasteiger partial charge on any atom is 0.280 e. The number of carbonyl (C=O) groups is 1. The van der Waals surface area contributed by atoms with E-state index in [4.69, 9.17) is 32.7 Å². The van der Waals surface area contributed by atoms with Crippen molar-refractivity contribution >= 4 is 63.4 Å². The first-order valence-electron chi connectivity index (χ1n) is 12.0. The zero-order valence-electron chi connectivity index (χ0n) is 21.2. The molecule has 3 aromatic carbocycles. The van der Waals surface area contributed by atoms with E-state index in [1.165, 1.54) is 18.2 Å². The Morgan fingerprint density at radius 3 is 2.67 bits per heavy atom. The number of rotatable bonds is 6. The molecule has 0 bridgehead atoms. The normalized spacial score (nSPS) is 11.2. The Bertz CT molecular complexity index is 1820. The molecular weight excluding hydrogens is 552 g/mol. The van der Waals surface area contributed by atoms with Crippen LogP contribution in [-0.4, -0.2) is 20.9 Å². The van der Waals surface area contributed by atoms with Crippen molar-refractivity contribution in [2.45, 2.75) is 13.8 Å². The molecule has 0 saturated heterocycles. The van der Waals surface area contributed by atoms with Crippen molar-refractivity contribution in [1.29, 1.82) is 0 Å². The van der Waals surface area contributed by atoms with Gasteiger partial charge in [0.2, 0.25) is 11.8 Å². The third-order valence-electron chi connectivity index (χ3n) is 5.91. The molecule has 0 atom stereocenters. The fourth-order valence-corrected chi connectivity index (χ4v) is 4.52. The second-order valence-electron chi connectivity index (χ2n) is 8.90. The zero-order chi connectivity index (χ0) is 28.4. The Balaban J connectivity index is 1.25. The van der Waals surface area contributed by atoms with Crippen LogP contribution in [0.25, 0.3) is 40.0 Å². The van der Waals surface area contributed by atoms with Crippen LogP contribution in [0.2, 0.25) is 5.02 Å². The molecule has 2 N–H and O–H groups in total. The van der Waals surface area contributed by atoms with Gasteiger partial charge in [0, 0.05) is 17.7 Å². The van der Waals surface area contributed by atoms with Crippen molar-refractivity contribution in [1.82, 2.24) is 10.3 Å². The fourth-order valence-electron chi connectivity index (χ4n) is 4.15. The highest BCUT2D eigenvalue weighted by Crippen LogP contribution is 2.33. The number of nitrogens with one attached hydrogen (secondary N) is 2. The first-order chi connectivity index (χ1) is 19.2. The molecule has 2 heterocycles. The van der Waals surface area contributed by atoms with Gasteiger partial charge in [0.15, 0.2) is 10.7 Å². The number of aromatic nitrogens is 1. The summed E-state index contributed by atoms with van der Waals surface area (Å²) in [6, 6.07) is 18.6. The first kappa shape index (κ1) is 26.8. The van der Waals surface area contributed by atoms with Gasteiger partial charge in [0.25, 0.3) is 5.69 Å². The molecule has 9 nitrogen and oxygen atoms in total. The van der Waals surface area contributed by atoms with E-state index in [1.807, 2.05) is 26.0 Å². The van der Waals surface area contributed by atoms with Gasteiger partial charge in [-0.15, -0.1) is 0 Å². The third kappa shape index (κ3) is 5.78. The maximum atomic E-state index is 12.5. The number of fused-ring (bicyclic) bond motifs is 1. The first-order valence-corrected chi connectivity index (χ1v) is 12.8. The SMILES string of the molecule is Cc1cc(C)c2oc(-c3ccc(Cl)c(NC(=S)NC(=O)/C=C/c4ccc(-c5ccccc5[N+](=O)[O-])o4)c3)nc2c1.